The molecule has 1 atom stereocenters. The Balaban J connectivity index is 1.42. The average Bonchev–Trinajstić information content (AvgIpc) is 3.82. The first kappa shape index (κ1) is 33.1. The van der Waals surface area contributed by atoms with Crippen LogP contribution in [0.5, 0.6) is 0 Å². The minimum absolute atomic E-state index is 0.0443. The molecule has 6 aromatic rings. The number of nitrogens with zero attached hydrogens (tertiary/aromatic N) is 8. The Hall–Kier alpha value is -5.78. The lowest BCUT2D eigenvalue weighted by Gasteiger charge is -2.15. The topological polar surface area (TPSA) is 134 Å². The van der Waals surface area contributed by atoms with Crippen LogP contribution in [-0.4, -0.2) is 45.7 Å². The number of pyridine rings is 1. The summed E-state index contributed by atoms with van der Waals surface area (Å²) < 4.78 is 99.3. The molecule has 0 saturated carbocycles. The van der Waals surface area contributed by atoms with Crippen LogP contribution in [0.25, 0.3) is 27.9 Å². The van der Waals surface area contributed by atoms with E-state index in [0.29, 0.717) is 31.4 Å². The fourth-order valence-corrected chi connectivity index (χ4v) is 5.27. The highest BCUT2D eigenvalue weighted by Gasteiger charge is 2.35. The fraction of sp³-hybridized carbons (Fsp3) is 0.133. The molecule has 0 saturated heterocycles. The first-order valence-electron chi connectivity index (χ1n) is 13.9. The van der Waals surface area contributed by atoms with E-state index < -0.39 is 42.0 Å². The number of carbonyl (C=O) groups excluding carboxylic acids is 1. The predicted octanol–water partition coefficient (Wildman–Crippen LogP) is 5.80. The molecule has 252 valence electrons. The summed E-state index contributed by atoms with van der Waals surface area (Å²) in [4.78, 5) is 11.5. The molecule has 0 fully saturated rings. The molecule has 19 heteroatoms. The van der Waals surface area contributed by atoms with E-state index >= 15 is 4.39 Å². The van der Waals surface area contributed by atoms with Crippen LogP contribution in [0.3, 0.4) is 0 Å². The summed E-state index contributed by atoms with van der Waals surface area (Å²) in [5.41, 5.74) is 3.90. The largest absolute Gasteiger partial charge is 0.436 e. The summed E-state index contributed by atoms with van der Waals surface area (Å²) >= 11 is 6.01. The van der Waals surface area contributed by atoms with Crippen LogP contribution in [0, 0.1) is 11.6 Å². The molecule has 0 bridgehead atoms. The second-order valence-electron chi connectivity index (χ2n) is 10.5. The van der Waals surface area contributed by atoms with Crippen molar-refractivity contribution in [1.29, 1.82) is 0 Å². The summed E-state index contributed by atoms with van der Waals surface area (Å²) in [5.74, 6) is -2.86. The molecule has 0 radical (unpaired) electrons. The van der Waals surface area contributed by atoms with Crippen molar-refractivity contribution in [2.24, 2.45) is 5.73 Å². The van der Waals surface area contributed by atoms with Crippen LogP contribution in [0.15, 0.2) is 79.5 Å². The molecule has 0 aliphatic heterocycles. The van der Waals surface area contributed by atoms with Gasteiger partial charge in [0.1, 0.15) is 11.9 Å². The highest BCUT2D eigenvalue weighted by atomic mass is 35.5. The van der Waals surface area contributed by atoms with Gasteiger partial charge in [0.15, 0.2) is 11.5 Å². The quantitative estimate of drug-likeness (QED) is 0.111. The Morgan fingerprint density at radius 2 is 1.76 bits per heavy atom. The van der Waals surface area contributed by atoms with Crippen LogP contribution in [-0.2, 0) is 12.6 Å². The number of hydrogen-bond donors (Lipinski definition) is 2. The minimum atomic E-state index is -4.83. The Morgan fingerprint density at radius 3 is 2.39 bits per heavy atom. The van der Waals surface area contributed by atoms with E-state index in [1.54, 1.807) is 0 Å². The highest BCUT2D eigenvalue weighted by molar-refractivity contribution is 6.31. The van der Waals surface area contributed by atoms with Crippen LogP contribution in [0.1, 0.15) is 40.0 Å². The van der Waals surface area contributed by atoms with Crippen molar-refractivity contribution >= 4 is 17.5 Å². The third kappa shape index (κ3) is 6.54. The van der Waals surface area contributed by atoms with E-state index in [4.69, 9.17) is 17.3 Å². The lowest BCUT2D eigenvalue weighted by atomic mass is 10.0. The predicted molar refractivity (Wildman–Crippen MR) is 156 cm³/mol. The van der Waals surface area contributed by atoms with Crippen LogP contribution in [0.4, 0.5) is 30.7 Å². The number of amides is 1. The number of carbonyl (C=O) groups is 1. The molecule has 0 aliphatic rings. The molecule has 0 spiro atoms. The maximum Gasteiger partial charge on any atom is 0.436 e. The van der Waals surface area contributed by atoms with Gasteiger partial charge in [-0.15, -0.1) is 5.10 Å². The number of nitrogens with two attached hydrogens (primary N) is 1. The number of aromatic nitrogens is 8. The Bertz CT molecular complexity index is 2200. The number of benzene rings is 2. The van der Waals surface area contributed by atoms with Gasteiger partial charge < -0.3 is 5.73 Å². The number of alkyl halides is 5. The van der Waals surface area contributed by atoms with E-state index in [1.807, 2.05) is 0 Å². The monoisotopic (exact) mass is 706 g/mol. The van der Waals surface area contributed by atoms with E-state index in [1.165, 1.54) is 53.5 Å². The number of hydrogen-bond acceptors (Lipinski definition) is 6. The van der Waals surface area contributed by atoms with Gasteiger partial charge >= 0.3 is 12.7 Å². The zero-order valence-electron chi connectivity index (χ0n) is 24.4. The highest BCUT2D eigenvalue weighted by Crippen LogP contribution is 2.35. The molecule has 3 N–H and O–H groups in total. The number of primary amides is 1. The molecule has 0 unspecified atom stereocenters. The lowest BCUT2D eigenvalue weighted by Crippen LogP contribution is -2.39. The summed E-state index contributed by atoms with van der Waals surface area (Å²) in [7, 11) is 0. The molecule has 49 heavy (non-hydrogen) atoms. The second-order valence-corrected chi connectivity index (χ2v) is 10.9. The fourth-order valence-electron chi connectivity index (χ4n) is 5.11. The molecule has 2 aromatic carbocycles. The lowest BCUT2D eigenvalue weighted by molar-refractivity contribution is -0.910. The standard InChI is InChI=1S/C30H19ClF7N9O2/c31-20-4-6-23(46-14-25(41-43-46)30(36,37)38)26(27(20)33)16-2-5-22(47(49)13-16)24(10-18-7-8-44(42-18)29(34)35)45-12-17(11-40-45)15-1-3-19(28(39)48)21(32)9-15/h1-9,11-14,24,29H,10H2,(H2-,39,48,49)/p+1/t24-/m0/s1. The maximum absolute atomic E-state index is 15.5. The maximum atomic E-state index is 15.5. The molecule has 4 aromatic heterocycles. The Morgan fingerprint density at radius 1 is 1.00 bits per heavy atom. The Kier molecular flexibility index (Phi) is 8.57. The summed E-state index contributed by atoms with van der Waals surface area (Å²) in [6, 6.07) is 9.09. The number of halogens is 8. The SMILES string of the molecule is NC(=O)c1ccc(-c2cnn([C@@H](Cc3ccn(C(F)F)n3)c3ccc(-c4c(-n5cc(C(F)(F)F)nn5)ccc(Cl)c4F)c[n+]3O)c2)cc1F. The molecule has 1 amide bonds. The van der Waals surface area contributed by atoms with E-state index in [2.05, 4.69) is 20.5 Å². The average molecular weight is 707 g/mol. The first-order valence-corrected chi connectivity index (χ1v) is 14.3. The first-order chi connectivity index (χ1) is 23.2. The van der Waals surface area contributed by atoms with Crippen molar-refractivity contribution in [2.45, 2.75) is 25.2 Å². The van der Waals surface area contributed by atoms with Gasteiger partial charge in [-0.1, -0.05) is 22.9 Å². The van der Waals surface area contributed by atoms with Crippen LogP contribution in [0.2, 0.25) is 5.02 Å². The summed E-state index contributed by atoms with van der Waals surface area (Å²) in [5, 5.41) is 25.6. The van der Waals surface area contributed by atoms with Gasteiger partial charge in [-0.2, -0.15) is 32.1 Å². The van der Waals surface area contributed by atoms with E-state index in [0.717, 1.165) is 24.5 Å². The van der Waals surface area contributed by atoms with Gasteiger partial charge in [-0.3, -0.25) is 14.7 Å². The van der Waals surface area contributed by atoms with Gasteiger partial charge in [0.2, 0.25) is 6.20 Å². The van der Waals surface area contributed by atoms with Gasteiger partial charge in [0.05, 0.1) is 45.5 Å². The van der Waals surface area contributed by atoms with Gasteiger partial charge in [0.25, 0.3) is 11.6 Å². The van der Waals surface area contributed by atoms with Crippen molar-refractivity contribution in [3.63, 3.8) is 0 Å². The van der Waals surface area contributed by atoms with Crippen molar-refractivity contribution in [3.8, 4) is 27.9 Å². The zero-order valence-corrected chi connectivity index (χ0v) is 25.2. The zero-order chi connectivity index (χ0) is 35.2. The molecular weight excluding hydrogens is 687 g/mol. The normalized spacial score (nSPS) is 12.5. The van der Waals surface area contributed by atoms with Crippen LogP contribution >= 0.6 is 11.6 Å². The van der Waals surface area contributed by atoms with Crippen molar-refractivity contribution in [1.82, 2.24) is 34.6 Å². The van der Waals surface area contributed by atoms with E-state index in [-0.39, 0.29) is 45.2 Å². The smallest absolute Gasteiger partial charge is 0.366 e. The summed E-state index contributed by atoms with van der Waals surface area (Å²) in [6.07, 6.45) is 0.563. The third-order valence-electron chi connectivity index (χ3n) is 7.45. The molecular formula is C30H20ClF7N9O2+. The summed E-state index contributed by atoms with van der Waals surface area (Å²) in [6.45, 7) is -2.93. The molecule has 0 aliphatic carbocycles. The minimum Gasteiger partial charge on any atom is -0.366 e. The third-order valence-corrected chi connectivity index (χ3v) is 7.74. The van der Waals surface area contributed by atoms with Crippen molar-refractivity contribution in [3.05, 3.63) is 119 Å². The molecule has 6 rings (SSSR count). The van der Waals surface area contributed by atoms with Gasteiger partial charge in [-0.05, 0) is 42.0 Å². The van der Waals surface area contributed by atoms with E-state index in [9.17, 15) is 36.3 Å². The van der Waals surface area contributed by atoms with Gasteiger partial charge in [-0.25, -0.2) is 18.1 Å². The molecule has 4 heterocycles. The second kappa shape index (κ2) is 12.7. The van der Waals surface area contributed by atoms with Gasteiger partial charge in [0, 0.05) is 35.2 Å². The van der Waals surface area contributed by atoms with Crippen molar-refractivity contribution < 1.29 is 45.5 Å². The van der Waals surface area contributed by atoms with Crippen molar-refractivity contribution in [2.75, 3.05) is 0 Å². The van der Waals surface area contributed by atoms with Crippen LogP contribution < -0.4 is 10.5 Å². The Labute approximate surface area is 275 Å². The number of rotatable bonds is 9. The molecule has 11 nitrogen and oxygen atoms in total.